The molecule has 1 aromatic heterocycles. The van der Waals surface area contributed by atoms with Gasteiger partial charge in [-0.1, -0.05) is 11.6 Å². The van der Waals surface area contributed by atoms with Crippen LogP contribution in [0.3, 0.4) is 0 Å². The molecule has 5 heteroatoms. The van der Waals surface area contributed by atoms with Crippen LogP contribution in [0.15, 0.2) is 24.4 Å². The maximum atomic E-state index is 13.1. The monoisotopic (exact) mass is 279 g/mol. The topological polar surface area (TPSA) is 40.7 Å². The average Bonchev–Trinajstić information content (AvgIpc) is 3.05. The summed E-state index contributed by atoms with van der Waals surface area (Å²) in [7, 11) is 0. The number of aromatic amines is 1. The van der Waals surface area contributed by atoms with E-state index < -0.39 is 5.82 Å². The summed E-state index contributed by atoms with van der Waals surface area (Å²) in [6, 6.07) is 5.20. The Kier molecular flexibility index (Phi) is 3.53. The van der Waals surface area contributed by atoms with Gasteiger partial charge in [0.25, 0.3) is 0 Å². The lowest BCUT2D eigenvalue weighted by Gasteiger charge is -2.06. The summed E-state index contributed by atoms with van der Waals surface area (Å²) in [4.78, 5) is 7.65. The van der Waals surface area contributed by atoms with Gasteiger partial charge in [0.1, 0.15) is 11.6 Å². The van der Waals surface area contributed by atoms with Gasteiger partial charge >= 0.3 is 0 Å². The predicted octanol–water partition coefficient (Wildman–Crippen LogP) is 3.16. The van der Waals surface area contributed by atoms with E-state index in [-0.39, 0.29) is 5.02 Å². The van der Waals surface area contributed by atoms with Crippen LogP contribution >= 0.6 is 11.6 Å². The summed E-state index contributed by atoms with van der Waals surface area (Å²) < 4.78 is 13.1. The predicted molar refractivity (Wildman–Crippen MR) is 73.7 cm³/mol. The molecule has 100 valence electrons. The highest BCUT2D eigenvalue weighted by Crippen LogP contribution is 2.24. The fraction of sp³-hybridized carbons (Fsp3) is 0.357. The fourth-order valence-electron chi connectivity index (χ4n) is 2.44. The molecule has 3 rings (SSSR count). The van der Waals surface area contributed by atoms with Crippen molar-refractivity contribution in [1.82, 2.24) is 15.3 Å². The molecule has 0 amide bonds. The Bertz CT molecular complexity index is 576. The van der Waals surface area contributed by atoms with Crippen LogP contribution in [0.5, 0.6) is 0 Å². The Labute approximate surface area is 116 Å². The average molecular weight is 280 g/mol. The van der Waals surface area contributed by atoms with Gasteiger partial charge < -0.3 is 10.3 Å². The molecule has 1 unspecified atom stereocenters. The molecule has 1 atom stereocenters. The van der Waals surface area contributed by atoms with Crippen LogP contribution in [0, 0.1) is 5.82 Å². The molecule has 0 bridgehead atoms. The molecule has 1 aromatic carbocycles. The molecule has 2 N–H and O–H groups in total. The highest BCUT2D eigenvalue weighted by Gasteiger charge is 2.16. The molecule has 0 aliphatic carbocycles. The number of imidazole rings is 1. The molecule has 0 spiro atoms. The fourth-order valence-corrected chi connectivity index (χ4v) is 2.62. The smallest absolute Gasteiger partial charge is 0.141 e. The van der Waals surface area contributed by atoms with Crippen LogP contribution in [-0.4, -0.2) is 22.6 Å². The Morgan fingerprint density at radius 3 is 3.05 bits per heavy atom. The van der Waals surface area contributed by atoms with Crippen molar-refractivity contribution >= 4 is 11.6 Å². The molecule has 3 nitrogen and oxygen atoms in total. The van der Waals surface area contributed by atoms with Gasteiger partial charge in [-0.25, -0.2) is 9.37 Å². The Morgan fingerprint density at radius 1 is 1.42 bits per heavy atom. The van der Waals surface area contributed by atoms with Gasteiger partial charge in [0, 0.05) is 18.0 Å². The molecule has 2 aromatic rings. The Hall–Kier alpha value is -1.39. The van der Waals surface area contributed by atoms with Crippen molar-refractivity contribution in [2.75, 3.05) is 6.54 Å². The molecule has 0 saturated carbocycles. The SMILES string of the molecule is Fc1ccc(-c2cnc(CC3CCCN3)[nH]2)cc1Cl. The highest BCUT2D eigenvalue weighted by atomic mass is 35.5. The largest absolute Gasteiger partial charge is 0.342 e. The molecule has 19 heavy (non-hydrogen) atoms. The molecule has 2 heterocycles. The zero-order valence-electron chi connectivity index (χ0n) is 10.4. The van der Waals surface area contributed by atoms with E-state index in [0.29, 0.717) is 6.04 Å². The molecule has 1 aliphatic heterocycles. The number of aromatic nitrogens is 2. The van der Waals surface area contributed by atoms with Gasteiger partial charge in [0.15, 0.2) is 0 Å². The maximum absolute atomic E-state index is 13.1. The number of benzene rings is 1. The number of hydrogen-bond donors (Lipinski definition) is 2. The van der Waals surface area contributed by atoms with Gasteiger partial charge in [-0.3, -0.25) is 0 Å². The van der Waals surface area contributed by atoms with Crippen molar-refractivity contribution in [2.45, 2.75) is 25.3 Å². The van der Waals surface area contributed by atoms with Crippen molar-refractivity contribution in [3.63, 3.8) is 0 Å². The van der Waals surface area contributed by atoms with Gasteiger partial charge in [0.2, 0.25) is 0 Å². The van der Waals surface area contributed by atoms with Crippen molar-refractivity contribution in [3.05, 3.63) is 41.1 Å². The van der Waals surface area contributed by atoms with Crippen molar-refractivity contribution in [3.8, 4) is 11.3 Å². The number of rotatable bonds is 3. The quantitative estimate of drug-likeness (QED) is 0.906. The van der Waals surface area contributed by atoms with Gasteiger partial charge in [-0.2, -0.15) is 0 Å². The molecular weight excluding hydrogens is 265 g/mol. The summed E-state index contributed by atoms with van der Waals surface area (Å²) in [5, 5.41) is 3.57. The number of H-pyrrole nitrogens is 1. The summed E-state index contributed by atoms with van der Waals surface area (Å²) in [5.74, 6) is 0.551. The van der Waals surface area contributed by atoms with Crippen molar-refractivity contribution in [1.29, 1.82) is 0 Å². The normalized spacial score (nSPS) is 18.9. The van der Waals surface area contributed by atoms with E-state index in [0.717, 1.165) is 30.0 Å². The third-order valence-corrected chi connectivity index (χ3v) is 3.75. The number of nitrogens with zero attached hydrogens (tertiary/aromatic N) is 1. The van der Waals surface area contributed by atoms with E-state index in [1.807, 2.05) is 0 Å². The van der Waals surface area contributed by atoms with Crippen LogP contribution in [0.4, 0.5) is 4.39 Å². The third-order valence-electron chi connectivity index (χ3n) is 3.46. The summed E-state index contributed by atoms with van der Waals surface area (Å²) in [5.41, 5.74) is 1.72. The number of halogens is 2. The number of hydrogen-bond acceptors (Lipinski definition) is 2. The van der Waals surface area contributed by atoms with Crippen molar-refractivity contribution < 1.29 is 4.39 Å². The van der Waals surface area contributed by atoms with Crippen LogP contribution in [0.1, 0.15) is 18.7 Å². The van der Waals surface area contributed by atoms with E-state index in [2.05, 4.69) is 15.3 Å². The zero-order valence-corrected chi connectivity index (χ0v) is 11.2. The molecule has 0 radical (unpaired) electrons. The lowest BCUT2D eigenvalue weighted by molar-refractivity contribution is 0.589. The lowest BCUT2D eigenvalue weighted by atomic mass is 10.1. The van der Waals surface area contributed by atoms with E-state index in [9.17, 15) is 4.39 Å². The Balaban J connectivity index is 1.78. The van der Waals surface area contributed by atoms with Crippen LogP contribution < -0.4 is 5.32 Å². The standard InChI is InChI=1S/C14H15ClFN3/c15-11-6-9(3-4-12(11)16)13-8-18-14(19-13)7-10-2-1-5-17-10/h3-4,6,8,10,17H,1-2,5,7H2,(H,18,19). The number of nitrogens with one attached hydrogen (secondary N) is 2. The molecule has 1 fully saturated rings. The third kappa shape index (κ3) is 2.80. The maximum Gasteiger partial charge on any atom is 0.141 e. The molecule has 1 saturated heterocycles. The summed E-state index contributed by atoms with van der Waals surface area (Å²) in [6.07, 6.45) is 5.09. The highest BCUT2D eigenvalue weighted by molar-refractivity contribution is 6.31. The van der Waals surface area contributed by atoms with Gasteiger partial charge in [-0.15, -0.1) is 0 Å². The van der Waals surface area contributed by atoms with Gasteiger partial charge in [-0.05, 0) is 37.6 Å². The first-order valence-corrected chi connectivity index (χ1v) is 6.83. The van der Waals surface area contributed by atoms with Gasteiger partial charge in [0.05, 0.1) is 16.9 Å². The summed E-state index contributed by atoms with van der Waals surface area (Å²) >= 11 is 5.79. The minimum absolute atomic E-state index is 0.131. The molecular formula is C14H15ClFN3. The second-order valence-corrected chi connectivity index (χ2v) is 5.28. The lowest BCUT2D eigenvalue weighted by Crippen LogP contribution is -2.24. The van der Waals surface area contributed by atoms with E-state index in [1.54, 1.807) is 18.3 Å². The second kappa shape index (κ2) is 5.31. The first-order chi connectivity index (χ1) is 9.22. The van der Waals surface area contributed by atoms with E-state index in [1.165, 1.54) is 18.9 Å². The Morgan fingerprint density at radius 2 is 2.32 bits per heavy atom. The minimum Gasteiger partial charge on any atom is -0.342 e. The van der Waals surface area contributed by atoms with Crippen LogP contribution in [-0.2, 0) is 6.42 Å². The van der Waals surface area contributed by atoms with E-state index >= 15 is 0 Å². The minimum atomic E-state index is -0.402. The summed E-state index contributed by atoms with van der Waals surface area (Å²) in [6.45, 7) is 1.09. The van der Waals surface area contributed by atoms with Crippen LogP contribution in [0.25, 0.3) is 11.3 Å². The van der Waals surface area contributed by atoms with E-state index in [4.69, 9.17) is 11.6 Å². The second-order valence-electron chi connectivity index (χ2n) is 4.87. The zero-order chi connectivity index (χ0) is 13.2. The first-order valence-electron chi connectivity index (χ1n) is 6.45. The molecule has 1 aliphatic rings. The van der Waals surface area contributed by atoms with Crippen LogP contribution in [0.2, 0.25) is 5.02 Å². The first kappa shape index (κ1) is 12.6. The van der Waals surface area contributed by atoms with Crippen molar-refractivity contribution in [2.24, 2.45) is 0 Å².